The molecule has 2 aliphatic carbocycles. The van der Waals surface area contributed by atoms with Crippen molar-refractivity contribution < 1.29 is 14.6 Å². The molecule has 130 valence electrons. The standard InChI is InChI=1S/C19H24ClNO3/c1-2-19(23,12-5-3-6-13(20)11-12)17(22)21-15-14-7-10-24-16(14)18(15)8-4-9-18/h3,5-6,11,14-16,23H,2,4,7-10H2,1H3,(H,21,22)/t14-,15-,16+,19-/m1/s1. The van der Waals surface area contributed by atoms with Crippen LogP contribution in [0.2, 0.25) is 5.02 Å². The molecule has 0 bridgehead atoms. The number of ether oxygens (including phenoxy) is 1. The smallest absolute Gasteiger partial charge is 0.256 e. The van der Waals surface area contributed by atoms with Gasteiger partial charge in [0.2, 0.25) is 0 Å². The van der Waals surface area contributed by atoms with E-state index in [1.165, 1.54) is 6.42 Å². The minimum atomic E-state index is -1.54. The van der Waals surface area contributed by atoms with E-state index < -0.39 is 5.60 Å². The fourth-order valence-electron chi connectivity index (χ4n) is 4.96. The van der Waals surface area contributed by atoms with Crippen LogP contribution in [0.3, 0.4) is 0 Å². The molecular formula is C19H24ClNO3. The van der Waals surface area contributed by atoms with E-state index in [2.05, 4.69) is 5.32 Å². The Morgan fingerprint density at radius 1 is 1.50 bits per heavy atom. The second kappa shape index (κ2) is 5.72. The van der Waals surface area contributed by atoms with Crippen LogP contribution in [-0.4, -0.2) is 29.8 Å². The molecular weight excluding hydrogens is 326 g/mol. The molecule has 0 radical (unpaired) electrons. The van der Waals surface area contributed by atoms with E-state index in [9.17, 15) is 9.90 Å². The highest BCUT2D eigenvalue weighted by atomic mass is 35.5. The minimum absolute atomic E-state index is 0.111. The van der Waals surface area contributed by atoms with Crippen LogP contribution >= 0.6 is 11.6 Å². The van der Waals surface area contributed by atoms with Crippen LogP contribution in [0.15, 0.2) is 24.3 Å². The topological polar surface area (TPSA) is 58.6 Å². The number of fused-ring (bicyclic) bond motifs is 2. The van der Waals surface area contributed by atoms with Gasteiger partial charge in [-0.25, -0.2) is 0 Å². The molecule has 1 amide bonds. The third kappa shape index (κ3) is 2.16. The van der Waals surface area contributed by atoms with Gasteiger partial charge in [-0.05, 0) is 43.4 Å². The number of hydrogen-bond acceptors (Lipinski definition) is 3. The molecule has 4 nitrogen and oxygen atoms in total. The third-order valence-corrected chi connectivity index (χ3v) is 6.75. The maximum absolute atomic E-state index is 13.0. The lowest BCUT2D eigenvalue weighted by atomic mass is 9.46. The number of nitrogens with one attached hydrogen (secondary N) is 1. The van der Waals surface area contributed by atoms with E-state index >= 15 is 0 Å². The Morgan fingerprint density at radius 3 is 2.92 bits per heavy atom. The number of hydrogen-bond donors (Lipinski definition) is 2. The molecule has 3 aliphatic rings. The second-order valence-corrected chi connectivity index (χ2v) is 7.94. The van der Waals surface area contributed by atoms with Crippen molar-refractivity contribution >= 4 is 17.5 Å². The number of halogens is 1. The van der Waals surface area contributed by atoms with Crippen molar-refractivity contribution in [2.75, 3.05) is 6.61 Å². The summed E-state index contributed by atoms with van der Waals surface area (Å²) < 4.78 is 5.90. The van der Waals surface area contributed by atoms with Crippen LogP contribution in [0.4, 0.5) is 0 Å². The molecule has 1 aromatic carbocycles. The molecule has 24 heavy (non-hydrogen) atoms. The average Bonchev–Trinajstić information content (AvgIpc) is 2.95. The summed E-state index contributed by atoms with van der Waals surface area (Å²) in [5.74, 6) is 0.0867. The van der Waals surface area contributed by atoms with Gasteiger partial charge in [0.15, 0.2) is 5.60 Å². The lowest BCUT2D eigenvalue weighted by molar-refractivity contribution is -0.184. The number of aliphatic hydroxyl groups is 1. The van der Waals surface area contributed by atoms with Crippen molar-refractivity contribution in [3.05, 3.63) is 34.9 Å². The third-order valence-electron chi connectivity index (χ3n) is 6.51. The first kappa shape index (κ1) is 16.4. The molecule has 1 spiro atoms. The molecule has 1 saturated heterocycles. The summed E-state index contributed by atoms with van der Waals surface area (Å²) in [6.07, 6.45) is 5.03. The zero-order valence-electron chi connectivity index (χ0n) is 13.9. The van der Waals surface area contributed by atoms with E-state index in [4.69, 9.17) is 16.3 Å². The Labute approximate surface area is 147 Å². The number of amides is 1. The molecule has 2 saturated carbocycles. The summed E-state index contributed by atoms with van der Waals surface area (Å²) in [7, 11) is 0. The van der Waals surface area contributed by atoms with Crippen LogP contribution < -0.4 is 5.32 Å². The van der Waals surface area contributed by atoms with Crippen LogP contribution in [0.25, 0.3) is 0 Å². The first-order valence-electron chi connectivity index (χ1n) is 8.92. The fourth-order valence-corrected chi connectivity index (χ4v) is 5.15. The normalized spacial score (nSPS) is 32.4. The minimum Gasteiger partial charge on any atom is -0.377 e. The highest BCUT2D eigenvalue weighted by Gasteiger charge is 2.67. The zero-order valence-corrected chi connectivity index (χ0v) is 14.7. The average molecular weight is 350 g/mol. The zero-order chi connectivity index (χ0) is 16.9. The Balaban J connectivity index is 1.56. The van der Waals surface area contributed by atoms with E-state index in [0.717, 1.165) is 25.9 Å². The second-order valence-electron chi connectivity index (χ2n) is 7.51. The summed E-state index contributed by atoms with van der Waals surface area (Å²) in [5.41, 5.74) is -0.878. The molecule has 2 N–H and O–H groups in total. The van der Waals surface area contributed by atoms with Gasteiger partial charge in [-0.2, -0.15) is 0 Å². The lowest BCUT2D eigenvalue weighted by Gasteiger charge is -2.63. The predicted octanol–water partition coefficient (Wildman–Crippen LogP) is 3.01. The largest absolute Gasteiger partial charge is 0.377 e. The summed E-state index contributed by atoms with van der Waals surface area (Å²) >= 11 is 6.05. The Morgan fingerprint density at radius 2 is 2.29 bits per heavy atom. The Hall–Kier alpha value is -1.10. The highest BCUT2D eigenvalue weighted by Crippen LogP contribution is 2.62. The van der Waals surface area contributed by atoms with Crippen molar-refractivity contribution in [1.29, 1.82) is 0 Å². The molecule has 1 aromatic rings. The van der Waals surface area contributed by atoms with Gasteiger partial charge in [-0.1, -0.05) is 37.1 Å². The molecule has 4 atom stereocenters. The van der Waals surface area contributed by atoms with Crippen LogP contribution in [-0.2, 0) is 15.1 Å². The highest BCUT2D eigenvalue weighted by molar-refractivity contribution is 6.30. The van der Waals surface area contributed by atoms with Crippen molar-refractivity contribution in [1.82, 2.24) is 5.32 Å². The Bertz CT molecular complexity index is 660. The van der Waals surface area contributed by atoms with Gasteiger partial charge in [0.1, 0.15) is 0 Å². The fraction of sp³-hybridized carbons (Fsp3) is 0.632. The van der Waals surface area contributed by atoms with Gasteiger partial charge < -0.3 is 15.2 Å². The number of carbonyl (C=O) groups is 1. The van der Waals surface area contributed by atoms with E-state index in [1.54, 1.807) is 24.3 Å². The number of carbonyl (C=O) groups excluding carboxylic acids is 1. The summed E-state index contributed by atoms with van der Waals surface area (Å²) in [5, 5.41) is 14.8. The Kier molecular flexibility index (Phi) is 3.90. The van der Waals surface area contributed by atoms with Crippen LogP contribution in [0, 0.1) is 11.3 Å². The summed E-state index contributed by atoms with van der Waals surface area (Å²) in [6.45, 7) is 2.61. The maximum Gasteiger partial charge on any atom is 0.256 e. The van der Waals surface area contributed by atoms with E-state index in [1.807, 2.05) is 6.92 Å². The monoisotopic (exact) mass is 349 g/mol. The van der Waals surface area contributed by atoms with Crippen molar-refractivity contribution in [2.24, 2.45) is 11.3 Å². The quantitative estimate of drug-likeness (QED) is 0.878. The molecule has 0 unspecified atom stereocenters. The summed E-state index contributed by atoms with van der Waals surface area (Å²) in [4.78, 5) is 13.0. The van der Waals surface area contributed by atoms with Gasteiger partial charge >= 0.3 is 0 Å². The molecule has 1 heterocycles. The van der Waals surface area contributed by atoms with E-state index in [-0.39, 0.29) is 17.4 Å². The van der Waals surface area contributed by atoms with Gasteiger partial charge in [0.05, 0.1) is 6.10 Å². The summed E-state index contributed by atoms with van der Waals surface area (Å²) in [6, 6.07) is 7.07. The molecule has 4 rings (SSSR count). The number of rotatable bonds is 4. The maximum atomic E-state index is 13.0. The van der Waals surface area contributed by atoms with Gasteiger partial charge in [-0.3, -0.25) is 4.79 Å². The first-order valence-corrected chi connectivity index (χ1v) is 9.30. The van der Waals surface area contributed by atoms with Crippen molar-refractivity contribution in [3.63, 3.8) is 0 Å². The van der Waals surface area contributed by atoms with Crippen LogP contribution in [0.5, 0.6) is 0 Å². The SMILES string of the molecule is CC[C@](O)(C(=O)N[C@@H]1[C@H]2CCO[C@@H]2C12CCC2)c1cccc(Cl)c1. The van der Waals surface area contributed by atoms with Gasteiger partial charge in [0.25, 0.3) is 5.91 Å². The lowest BCUT2D eigenvalue weighted by Crippen LogP contribution is -2.72. The molecule has 5 heteroatoms. The van der Waals surface area contributed by atoms with Crippen LogP contribution in [0.1, 0.15) is 44.6 Å². The predicted molar refractivity (Wildman–Crippen MR) is 91.7 cm³/mol. The van der Waals surface area contributed by atoms with Crippen molar-refractivity contribution in [2.45, 2.75) is 56.8 Å². The molecule has 3 fully saturated rings. The first-order chi connectivity index (χ1) is 11.5. The number of benzene rings is 1. The van der Waals surface area contributed by atoms with E-state index in [0.29, 0.717) is 29.0 Å². The van der Waals surface area contributed by atoms with Gasteiger partial charge in [0, 0.05) is 29.0 Å². The molecule has 0 aromatic heterocycles. The molecule has 1 aliphatic heterocycles. The van der Waals surface area contributed by atoms with Gasteiger partial charge in [-0.15, -0.1) is 0 Å². The van der Waals surface area contributed by atoms with Crippen molar-refractivity contribution in [3.8, 4) is 0 Å².